The molecule has 19 heavy (non-hydrogen) atoms. The SMILES string of the molecule is COC1CCN(C(=O)Cc2ccccc2CN)CC1. The summed E-state index contributed by atoms with van der Waals surface area (Å²) in [6, 6.07) is 7.89. The first-order chi connectivity index (χ1) is 9.24. The molecular formula is C15H22N2O2. The largest absolute Gasteiger partial charge is 0.381 e. The standard InChI is InChI=1S/C15H22N2O2/c1-19-14-6-8-17(9-7-14)15(18)10-12-4-2-3-5-13(12)11-16/h2-5,14H,6-11,16H2,1H3. The van der Waals surface area contributed by atoms with Crippen molar-refractivity contribution in [1.29, 1.82) is 0 Å². The van der Waals surface area contributed by atoms with Crippen molar-refractivity contribution in [2.75, 3.05) is 20.2 Å². The molecule has 1 aromatic carbocycles. The highest BCUT2D eigenvalue weighted by molar-refractivity contribution is 5.79. The number of benzene rings is 1. The van der Waals surface area contributed by atoms with Crippen LogP contribution in [0.5, 0.6) is 0 Å². The van der Waals surface area contributed by atoms with Gasteiger partial charge in [-0.1, -0.05) is 24.3 Å². The van der Waals surface area contributed by atoms with Crippen molar-refractivity contribution in [3.8, 4) is 0 Å². The van der Waals surface area contributed by atoms with Gasteiger partial charge in [-0.15, -0.1) is 0 Å². The lowest BCUT2D eigenvalue weighted by atomic mass is 10.0. The van der Waals surface area contributed by atoms with Crippen molar-refractivity contribution < 1.29 is 9.53 Å². The van der Waals surface area contributed by atoms with Crippen molar-refractivity contribution in [1.82, 2.24) is 4.90 Å². The average molecular weight is 262 g/mol. The lowest BCUT2D eigenvalue weighted by Gasteiger charge is -2.31. The van der Waals surface area contributed by atoms with Gasteiger partial charge in [-0.25, -0.2) is 0 Å². The van der Waals surface area contributed by atoms with E-state index in [1.54, 1.807) is 7.11 Å². The fourth-order valence-electron chi connectivity index (χ4n) is 2.54. The summed E-state index contributed by atoms with van der Waals surface area (Å²) >= 11 is 0. The van der Waals surface area contributed by atoms with Crippen molar-refractivity contribution in [2.24, 2.45) is 5.73 Å². The van der Waals surface area contributed by atoms with Crippen LogP contribution in [-0.2, 0) is 22.5 Å². The predicted octanol–water partition coefficient (Wildman–Crippen LogP) is 1.33. The van der Waals surface area contributed by atoms with Crippen molar-refractivity contribution in [3.05, 3.63) is 35.4 Å². The molecule has 104 valence electrons. The second kappa shape index (κ2) is 6.68. The second-order valence-corrected chi connectivity index (χ2v) is 4.97. The molecule has 0 radical (unpaired) electrons. The van der Waals surface area contributed by atoms with E-state index in [0.29, 0.717) is 19.1 Å². The first kappa shape index (κ1) is 14.0. The van der Waals surface area contributed by atoms with E-state index in [2.05, 4.69) is 0 Å². The van der Waals surface area contributed by atoms with Gasteiger partial charge in [0.25, 0.3) is 0 Å². The number of likely N-dealkylation sites (tertiary alicyclic amines) is 1. The van der Waals surface area contributed by atoms with Crippen LogP contribution in [0.4, 0.5) is 0 Å². The third-order valence-corrected chi connectivity index (χ3v) is 3.81. The molecule has 0 aromatic heterocycles. The zero-order chi connectivity index (χ0) is 13.7. The zero-order valence-corrected chi connectivity index (χ0v) is 11.5. The number of hydrogen-bond acceptors (Lipinski definition) is 3. The van der Waals surface area contributed by atoms with Gasteiger partial charge in [0.1, 0.15) is 0 Å². The Labute approximate surface area is 114 Å². The van der Waals surface area contributed by atoms with Gasteiger partial charge in [-0.2, -0.15) is 0 Å². The zero-order valence-electron chi connectivity index (χ0n) is 11.5. The number of piperidine rings is 1. The third kappa shape index (κ3) is 3.55. The van der Waals surface area contributed by atoms with Gasteiger partial charge >= 0.3 is 0 Å². The molecule has 4 heteroatoms. The van der Waals surface area contributed by atoms with Crippen LogP contribution in [0.25, 0.3) is 0 Å². The first-order valence-corrected chi connectivity index (χ1v) is 6.82. The molecule has 0 atom stereocenters. The van der Waals surface area contributed by atoms with Crippen LogP contribution in [0.2, 0.25) is 0 Å². The molecule has 0 spiro atoms. The summed E-state index contributed by atoms with van der Waals surface area (Å²) in [6.45, 7) is 2.07. The van der Waals surface area contributed by atoms with E-state index in [1.165, 1.54) is 0 Å². The molecule has 0 saturated carbocycles. The lowest BCUT2D eigenvalue weighted by molar-refractivity contribution is -0.132. The minimum atomic E-state index is 0.190. The molecule has 0 aliphatic carbocycles. The van der Waals surface area contributed by atoms with Crippen LogP contribution in [0, 0.1) is 0 Å². The number of nitrogens with zero attached hydrogens (tertiary/aromatic N) is 1. The number of methoxy groups -OCH3 is 1. The lowest BCUT2D eigenvalue weighted by Crippen LogP contribution is -2.41. The number of ether oxygens (including phenoxy) is 1. The number of carbonyl (C=O) groups is 1. The summed E-state index contributed by atoms with van der Waals surface area (Å²) in [5.41, 5.74) is 7.80. The maximum Gasteiger partial charge on any atom is 0.227 e. The minimum absolute atomic E-state index is 0.190. The van der Waals surface area contributed by atoms with E-state index >= 15 is 0 Å². The topological polar surface area (TPSA) is 55.6 Å². The Kier molecular flexibility index (Phi) is 4.93. The number of nitrogens with two attached hydrogens (primary N) is 1. The molecule has 1 aliphatic heterocycles. The molecular weight excluding hydrogens is 240 g/mol. The third-order valence-electron chi connectivity index (χ3n) is 3.81. The Balaban J connectivity index is 1.94. The number of amides is 1. The second-order valence-electron chi connectivity index (χ2n) is 4.97. The van der Waals surface area contributed by atoms with Gasteiger partial charge < -0.3 is 15.4 Å². The van der Waals surface area contributed by atoms with Crippen LogP contribution in [0.3, 0.4) is 0 Å². The maximum atomic E-state index is 12.3. The van der Waals surface area contributed by atoms with E-state index in [4.69, 9.17) is 10.5 Å². The van der Waals surface area contributed by atoms with Gasteiger partial charge in [0, 0.05) is 26.7 Å². The van der Waals surface area contributed by atoms with Crippen molar-refractivity contribution in [2.45, 2.75) is 31.9 Å². The highest BCUT2D eigenvalue weighted by Crippen LogP contribution is 2.15. The number of carbonyl (C=O) groups excluding carboxylic acids is 1. The normalized spacial score (nSPS) is 16.6. The Morgan fingerprint density at radius 2 is 1.95 bits per heavy atom. The highest BCUT2D eigenvalue weighted by Gasteiger charge is 2.22. The fraction of sp³-hybridized carbons (Fsp3) is 0.533. The smallest absolute Gasteiger partial charge is 0.227 e. The quantitative estimate of drug-likeness (QED) is 0.890. The molecule has 2 N–H and O–H groups in total. The Hall–Kier alpha value is -1.39. The summed E-state index contributed by atoms with van der Waals surface area (Å²) in [7, 11) is 1.74. The molecule has 1 aliphatic rings. The average Bonchev–Trinajstić information content (AvgIpc) is 2.48. The van der Waals surface area contributed by atoms with Crippen molar-refractivity contribution >= 4 is 5.91 Å². The van der Waals surface area contributed by atoms with E-state index in [1.807, 2.05) is 29.2 Å². The molecule has 1 heterocycles. The maximum absolute atomic E-state index is 12.3. The monoisotopic (exact) mass is 262 g/mol. The Bertz CT molecular complexity index is 426. The molecule has 1 aromatic rings. The molecule has 1 fully saturated rings. The highest BCUT2D eigenvalue weighted by atomic mass is 16.5. The van der Waals surface area contributed by atoms with Gasteiger partial charge in [0.05, 0.1) is 12.5 Å². The van der Waals surface area contributed by atoms with Gasteiger partial charge in [0.2, 0.25) is 5.91 Å². The first-order valence-electron chi connectivity index (χ1n) is 6.82. The summed E-state index contributed by atoms with van der Waals surface area (Å²) in [6.07, 6.45) is 2.62. The molecule has 1 amide bonds. The van der Waals surface area contributed by atoms with Gasteiger partial charge in [0.15, 0.2) is 0 Å². The summed E-state index contributed by atoms with van der Waals surface area (Å²) in [4.78, 5) is 14.2. The van der Waals surface area contributed by atoms with E-state index in [9.17, 15) is 4.79 Å². The van der Waals surface area contributed by atoms with E-state index in [0.717, 1.165) is 37.1 Å². The van der Waals surface area contributed by atoms with Crippen LogP contribution >= 0.6 is 0 Å². The number of rotatable bonds is 4. The van der Waals surface area contributed by atoms with E-state index in [-0.39, 0.29) is 5.91 Å². The van der Waals surface area contributed by atoms with Crippen molar-refractivity contribution in [3.63, 3.8) is 0 Å². The Morgan fingerprint density at radius 1 is 1.32 bits per heavy atom. The minimum Gasteiger partial charge on any atom is -0.381 e. The van der Waals surface area contributed by atoms with Gasteiger partial charge in [-0.05, 0) is 24.0 Å². The van der Waals surface area contributed by atoms with Crippen LogP contribution < -0.4 is 5.73 Å². The van der Waals surface area contributed by atoms with Gasteiger partial charge in [-0.3, -0.25) is 4.79 Å². The molecule has 0 bridgehead atoms. The molecule has 1 saturated heterocycles. The Morgan fingerprint density at radius 3 is 2.53 bits per heavy atom. The fourth-order valence-corrected chi connectivity index (χ4v) is 2.54. The molecule has 0 unspecified atom stereocenters. The van der Waals surface area contributed by atoms with Crippen LogP contribution in [0.15, 0.2) is 24.3 Å². The summed E-state index contributed by atoms with van der Waals surface area (Å²) < 4.78 is 5.32. The number of hydrogen-bond donors (Lipinski definition) is 1. The summed E-state index contributed by atoms with van der Waals surface area (Å²) in [5, 5.41) is 0. The molecule has 2 rings (SSSR count). The van der Waals surface area contributed by atoms with E-state index < -0.39 is 0 Å². The predicted molar refractivity (Wildman–Crippen MR) is 74.6 cm³/mol. The molecule has 4 nitrogen and oxygen atoms in total. The van der Waals surface area contributed by atoms with Crippen LogP contribution in [0.1, 0.15) is 24.0 Å². The van der Waals surface area contributed by atoms with Crippen LogP contribution in [-0.4, -0.2) is 37.1 Å². The summed E-state index contributed by atoms with van der Waals surface area (Å²) in [5.74, 6) is 0.190.